The van der Waals surface area contributed by atoms with E-state index in [1.165, 1.54) is 13.0 Å². The topological polar surface area (TPSA) is 98.5 Å². The van der Waals surface area contributed by atoms with E-state index >= 15 is 0 Å². The summed E-state index contributed by atoms with van der Waals surface area (Å²) in [6, 6.07) is 12.2. The largest absolute Gasteiger partial charge is 0.452 e. The smallest absolute Gasteiger partial charge is 0.314 e. The molecule has 1 N–H and O–H groups in total. The number of esters is 1. The number of anilines is 1. The van der Waals surface area contributed by atoms with Crippen molar-refractivity contribution in [2.45, 2.75) is 39.2 Å². The van der Waals surface area contributed by atoms with Crippen molar-refractivity contribution in [3.63, 3.8) is 0 Å². The van der Waals surface area contributed by atoms with E-state index in [1.807, 2.05) is 44.2 Å². The lowest BCUT2D eigenvalue weighted by Crippen LogP contribution is -2.33. The summed E-state index contributed by atoms with van der Waals surface area (Å²) in [6.45, 7) is 5.30. The molecule has 2 aromatic rings. The zero-order chi connectivity index (χ0) is 21.6. The van der Waals surface area contributed by atoms with Gasteiger partial charge in [0, 0.05) is 11.8 Å². The molecule has 0 heterocycles. The summed E-state index contributed by atoms with van der Waals surface area (Å²) in [5.74, 6) is -2.73. The van der Waals surface area contributed by atoms with Gasteiger partial charge in [0.05, 0.1) is 10.8 Å². The first-order chi connectivity index (χ1) is 13.7. The molecule has 0 saturated heterocycles. The molecule has 0 aliphatic rings. The van der Waals surface area contributed by atoms with E-state index < -0.39 is 40.3 Å². The third-order valence-electron chi connectivity index (χ3n) is 4.70. The third kappa shape index (κ3) is 5.60. The minimum Gasteiger partial charge on any atom is -0.452 e. The summed E-state index contributed by atoms with van der Waals surface area (Å²) >= 11 is 0. The summed E-state index contributed by atoms with van der Waals surface area (Å²) in [6.07, 6.45) is -0.393. The Balaban J connectivity index is 2.10. The van der Waals surface area contributed by atoms with Gasteiger partial charge in [-0.2, -0.15) is 4.39 Å². The molecule has 2 aromatic carbocycles. The Hall–Kier alpha value is -3.29. The average Bonchev–Trinajstić information content (AvgIpc) is 2.69. The minimum absolute atomic E-state index is 0.0000839. The molecule has 2 rings (SSSR count). The predicted octanol–water partition coefficient (Wildman–Crippen LogP) is 4.43. The molecule has 0 aromatic heterocycles. The molecule has 154 valence electrons. The number of amides is 1. The fourth-order valence-electron chi connectivity index (χ4n) is 2.87. The van der Waals surface area contributed by atoms with Gasteiger partial charge in [-0.25, -0.2) is 0 Å². The van der Waals surface area contributed by atoms with Crippen LogP contribution in [-0.2, 0) is 14.3 Å². The summed E-state index contributed by atoms with van der Waals surface area (Å²) in [7, 11) is 0. The number of hydrogen-bond donors (Lipinski definition) is 1. The van der Waals surface area contributed by atoms with E-state index in [2.05, 4.69) is 5.32 Å². The summed E-state index contributed by atoms with van der Waals surface area (Å²) in [5.41, 5.74) is 0.0783. The Bertz CT molecular complexity index is 888. The normalized spacial score (nSPS) is 13.8. The molecular formula is C21H23FN2O5. The van der Waals surface area contributed by atoms with Crippen LogP contribution in [0.5, 0.6) is 0 Å². The van der Waals surface area contributed by atoms with Crippen LogP contribution in [0.15, 0.2) is 48.5 Å². The molecule has 0 saturated carbocycles. The Kier molecular flexibility index (Phi) is 7.41. The number of carbonyl (C=O) groups excluding carboxylic acids is 2. The van der Waals surface area contributed by atoms with Gasteiger partial charge >= 0.3 is 11.7 Å². The van der Waals surface area contributed by atoms with Crippen molar-refractivity contribution in [3.05, 3.63) is 70.0 Å². The van der Waals surface area contributed by atoms with Crippen LogP contribution in [0.3, 0.4) is 0 Å². The van der Waals surface area contributed by atoms with Gasteiger partial charge in [-0.1, -0.05) is 50.6 Å². The highest BCUT2D eigenvalue weighted by Gasteiger charge is 2.30. The number of nitro benzene ring substituents is 1. The van der Waals surface area contributed by atoms with Crippen molar-refractivity contribution in [1.82, 2.24) is 0 Å². The number of rotatable bonds is 8. The van der Waals surface area contributed by atoms with Crippen molar-refractivity contribution in [2.24, 2.45) is 5.92 Å². The quantitative estimate of drug-likeness (QED) is 0.400. The molecule has 29 heavy (non-hydrogen) atoms. The van der Waals surface area contributed by atoms with Crippen molar-refractivity contribution >= 4 is 23.3 Å². The standard InChI is InChI=1S/C21H23FN2O5/c1-4-13(2)19(15-8-6-5-7-9-15)21(26)29-14(3)20(25)23-16-10-11-17(22)18(12-16)24(27)28/h5-14,19H,4H2,1-3H3,(H,23,25). The van der Waals surface area contributed by atoms with E-state index in [0.717, 1.165) is 24.1 Å². The zero-order valence-corrected chi connectivity index (χ0v) is 16.4. The Morgan fingerprint density at radius 3 is 2.41 bits per heavy atom. The highest BCUT2D eigenvalue weighted by atomic mass is 19.1. The first-order valence-corrected chi connectivity index (χ1v) is 9.24. The molecule has 7 nitrogen and oxygen atoms in total. The summed E-state index contributed by atoms with van der Waals surface area (Å²) in [5, 5.41) is 13.2. The number of nitrogens with one attached hydrogen (secondary N) is 1. The van der Waals surface area contributed by atoms with Crippen LogP contribution in [-0.4, -0.2) is 22.9 Å². The maximum Gasteiger partial charge on any atom is 0.314 e. The van der Waals surface area contributed by atoms with Crippen molar-refractivity contribution in [2.75, 3.05) is 5.32 Å². The molecule has 3 atom stereocenters. The molecule has 0 aliphatic carbocycles. The van der Waals surface area contributed by atoms with Crippen LogP contribution in [0.25, 0.3) is 0 Å². The van der Waals surface area contributed by atoms with Crippen molar-refractivity contribution in [3.8, 4) is 0 Å². The number of halogens is 1. The van der Waals surface area contributed by atoms with E-state index in [0.29, 0.717) is 0 Å². The maximum absolute atomic E-state index is 13.4. The van der Waals surface area contributed by atoms with Crippen LogP contribution in [0, 0.1) is 21.8 Å². The summed E-state index contributed by atoms with van der Waals surface area (Å²) in [4.78, 5) is 35.1. The van der Waals surface area contributed by atoms with Crippen LogP contribution < -0.4 is 5.32 Å². The van der Waals surface area contributed by atoms with Crippen molar-refractivity contribution in [1.29, 1.82) is 0 Å². The van der Waals surface area contributed by atoms with Gasteiger partial charge in [-0.3, -0.25) is 19.7 Å². The molecule has 8 heteroatoms. The minimum atomic E-state index is -1.14. The van der Waals surface area contributed by atoms with Crippen LogP contribution in [0.4, 0.5) is 15.8 Å². The van der Waals surface area contributed by atoms with Crippen LogP contribution >= 0.6 is 0 Å². The SMILES string of the molecule is CCC(C)C(C(=O)OC(C)C(=O)Nc1ccc(F)c([N+](=O)[O-])c1)c1ccccc1. The Morgan fingerprint density at radius 2 is 1.83 bits per heavy atom. The lowest BCUT2D eigenvalue weighted by Gasteiger charge is -2.23. The van der Waals surface area contributed by atoms with Crippen LogP contribution in [0.1, 0.15) is 38.7 Å². The molecule has 0 bridgehead atoms. The second kappa shape index (κ2) is 9.77. The van der Waals surface area contributed by atoms with E-state index in [4.69, 9.17) is 4.74 Å². The zero-order valence-electron chi connectivity index (χ0n) is 16.4. The number of nitro groups is 1. The first-order valence-electron chi connectivity index (χ1n) is 9.24. The fraction of sp³-hybridized carbons (Fsp3) is 0.333. The van der Waals surface area contributed by atoms with Gasteiger partial charge in [0.1, 0.15) is 0 Å². The lowest BCUT2D eigenvalue weighted by atomic mass is 9.85. The Labute approximate surface area is 168 Å². The number of nitrogens with zero attached hydrogens (tertiary/aromatic N) is 1. The highest BCUT2D eigenvalue weighted by Crippen LogP contribution is 2.29. The third-order valence-corrected chi connectivity index (χ3v) is 4.70. The van der Waals surface area contributed by atoms with Crippen molar-refractivity contribution < 1.29 is 23.6 Å². The van der Waals surface area contributed by atoms with Gasteiger partial charge in [-0.15, -0.1) is 0 Å². The Morgan fingerprint density at radius 1 is 1.17 bits per heavy atom. The molecule has 0 fully saturated rings. The molecule has 0 radical (unpaired) electrons. The second-order valence-electron chi connectivity index (χ2n) is 6.77. The first kappa shape index (κ1) is 22.0. The number of hydrogen-bond acceptors (Lipinski definition) is 5. The average molecular weight is 402 g/mol. The highest BCUT2D eigenvalue weighted by molar-refractivity contribution is 5.95. The lowest BCUT2D eigenvalue weighted by molar-refractivity contribution is -0.387. The van der Waals surface area contributed by atoms with Gasteiger partial charge < -0.3 is 10.1 Å². The van der Waals surface area contributed by atoms with Crippen LogP contribution in [0.2, 0.25) is 0 Å². The monoisotopic (exact) mass is 402 g/mol. The van der Waals surface area contributed by atoms with Gasteiger partial charge in [-0.05, 0) is 30.5 Å². The molecule has 3 unspecified atom stereocenters. The second-order valence-corrected chi connectivity index (χ2v) is 6.77. The van der Waals surface area contributed by atoms with E-state index in [1.54, 1.807) is 0 Å². The number of benzene rings is 2. The molecule has 0 spiro atoms. The molecule has 0 aliphatic heterocycles. The predicted molar refractivity (Wildman–Crippen MR) is 106 cm³/mol. The molecule has 1 amide bonds. The summed E-state index contributed by atoms with van der Waals surface area (Å²) < 4.78 is 18.8. The maximum atomic E-state index is 13.4. The van der Waals surface area contributed by atoms with Gasteiger partial charge in [0.15, 0.2) is 6.10 Å². The van der Waals surface area contributed by atoms with E-state index in [-0.39, 0.29) is 11.6 Å². The molecular weight excluding hydrogens is 379 g/mol. The van der Waals surface area contributed by atoms with Gasteiger partial charge in [0.25, 0.3) is 5.91 Å². The fourth-order valence-corrected chi connectivity index (χ4v) is 2.87. The number of carbonyl (C=O) groups is 2. The van der Waals surface area contributed by atoms with E-state index in [9.17, 15) is 24.1 Å². The number of ether oxygens (including phenoxy) is 1. The van der Waals surface area contributed by atoms with Gasteiger partial charge in [0.2, 0.25) is 5.82 Å².